The Bertz CT molecular complexity index is 677. The first-order valence-corrected chi connectivity index (χ1v) is 7.01. The molecule has 1 unspecified atom stereocenters. The van der Waals surface area contributed by atoms with Crippen LogP contribution in [0.2, 0.25) is 5.02 Å². The van der Waals surface area contributed by atoms with Crippen molar-refractivity contribution in [1.82, 2.24) is 0 Å². The van der Waals surface area contributed by atoms with Crippen LogP contribution >= 0.6 is 11.6 Å². The molecular weight excluding hydrogens is 293 g/mol. The van der Waals surface area contributed by atoms with Gasteiger partial charge in [-0.2, -0.15) is 0 Å². The van der Waals surface area contributed by atoms with Crippen LogP contribution in [-0.4, -0.2) is 7.11 Å². The Morgan fingerprint density at radius 2 is 2.10 bits per heavy atom. The van der Waals surface area contributed by atoms with Gasteiger partial charge in [0.25, 0.3) is 0 Å². The highest BCUT2D eigenvalue weighted by molar-refractivity contribution is 6.32. The van der Waals surface area contributed by atoms with Gasteiger partial charge < -0.3 is 15.2 Å². The van der Waals surface area contributed by atoms with Crippen LogP contribution in [-0.2, 0) is 0 Å². The quantitative estimate of drug-likeness (QED) is 0.911. The lowest BCUT2D eigenvalue weighted by Gasteiger charge is -2.30. The minimum atomic E-state index is -0.339. The SMILES string of the molecule is COc1ccc(C2C[C@@H](N)c3ccc(F)cc3O2)cc1Cl. The number of methoxy groups -OCH3 is 1. The Balaban J connectivity index is 1.93. The fraction of sp³-hybridized carbons (Fsp3) is 0.250. The van der Waals surface area contributed by atoms with Crippen LogP contribution in [0.15, 0.2) is 36.4 Å². The van der Waals surface area contributed by atoms with Crippen molar-refractivity contribution in [2.45, 2.75) is 18.6 Å². The monoisotopic (exact) mass is 307 g/mol. The smallest absolute Gasteiger partial charge is 0.137 e. The van der Waals surface area contributed by atoms with E-state index in [0.29, 0.717) is 22.9 Å². The number of fused-ring (bicyclic) bond motifs is 1. The first-order chi connectivity index (χ1) is 10.1. The molecule has 0 aromatic heterocycles. The average Bonchev–Trinajstić information content (AvgIpc) is 2.46. The summed E-state index contributed by atoms with van der Waals surface area (Å²) < 4.78 is 24.4. The summed E-state index contributed by atoms with van der Waals surface area (Å²) in [6, 6.07) is 9.70. The van der Waals surface area contributed by atoms with Crippen molar-refractivity contribution in [2.75, 3.05) is 7.11 Å². The van der Waals surface area contributed by atoms with E-state index in [9.17, 15) is 4.39 Å². The second kappa shape index (κ2) is 5.54. The summed E-state index contributed by atoms with van der Waals surface area (Å²) in [5, 5.41) is 0.511. The van der Waals surface area contributed by atoms with E-state index in [-0.39, 0.29) is 18.0 Å². The Morgan fingerprint density at radius 1 is 1.29 bits per heavy atom. The second-order valence-electron chi connectivity index (χ2n) is 5.02. The van der Waals surface area contributed by atoms with E-state index in [1.54, 1.807) is 25.3 Å². The summed E-state index contributed by atoms with van der Waals surface area (Å²) in [4.78, 5) is 0. The van der Waals surface area contributed by atoms with Crippen molar-refractivity contribution < 1.29 is 13.9 Å². The largest absolute Gasteiger partial charge is 0.495 e. The molecule has 3 rings (SSSR count). The number of hydrogen-bond donors (Lipinski definition) is 1. The van der Waals surface area contributed by atoms with Gasteiger partial charge in [0.1, 0.15) is 23.4 Å². The molecule has 0 bridgehead atoms. The van der Waals surface area contributed by atoms with E-state index in [4.69, 9.17) is 26.8 Å². The Kier molecular flexibility index (Phi) is 3.74. The molecule has 1 aliphatic rings. The van der Waals surface area contributed by atoms with Gasteiger partial charge in [-0.3, -0.25) is 0 Å². The summed E-state index contributed by atoms with van der Waals surface area (Å²) in [6.45, 7) is 0. The maximum atomic E-state index is 13.4. The van der Waals surface area contributed by atoms with E-state index < -0.39 is 0 Å². The van der Waals surface area contributed by atoms with Crippen LogP contribution in [0.25, 0.3) is 0 Å². The van der Waals surface area contributed by atoms with Gasteiger partial charge in [0.15, 0.2) is 0 Å². The molecular formula is C16H15ClFNO2. The van der Waals surface area contributed by atoms with Gasteiger partial charge >= 0.3 is 0 Å². The van der Waals surface area contributed by atoms with Crippen LogP contribution in [0.3, 0.4) is 0 Å². The maximum Gasteiger partial charge on any atom is 0.137 e. The van der Waals surface area contributed by atoms with Crippen molar-refractivity contribution in [3.8, 4) is 11.5 Å². The molecule has 5 heteroatoms. The number of benzene rings is 2. The highest BCUT2D eigenvalue weighted by Crippen LogP contribution is 2.41. The minimum absolute atomic E-state index is 0.194. The molecule has 110 valence electrons. The topological polar surface area (TPSA) is 44.5 Å². The lowest BCUT2D eigenvalue weighted by atomic mass is 9.93. The van der Waals surface area contributed by atoms with Gasteiger partial charge in [0, 0.05) is 24.1 Å². The third kappa shape index (κ3) is 2.69. The molecule has 2 N–H and O–H groups in total. The second-order valence-corrected chi connectivity index (χ2v) is 5.43. The van der Waals surface area contributed by atoms with Crippen LogP contribution in [0.4, 0.5) is 4.39 Å². The average molecular weight is 308 g/mol. The highest BCUT2D eigenvalue weighted by atomic mass is 35.5. The van der Waals surface area contributed by atoms with E-state index in [1.807, 2.05) is 6.07 Å². The molecule has 1 heterocycles. The number of ether oxygens (including phenoxy) is 2. The summed E-state index contributed by atoms with van der Waals surface area (Å²) in [6.07, 6.45) is 0.360. The molecule has 21 heavy (non-hydrogen) atoms. The zero-order valence-electron chi connectivity index (χ0n) is 11.5. The highest BCUT2D eigenvalue weighted by Gasteiger charge is 2.27. The molecule has 0 saturated heterocycles. The Labute approximate surface area is 127 Å². The fourth-order valence-corrected chi connectivity index (χ4v) is 2.83. The Morgan fingerprint density at radius 3 is 2.81 bits per heavy atom. The maximum absolute atomic E-state index is 13.4. The summed E-state index contributed by atoms with van der Waals surface area (Å²) in [5.41, 5.74) is 7.88. The molecule has 0 radical (unpaired) electrons. The number of halogens is 2. The zero-order chi connectivity index (χ0) is 15.0. The molecule has 2 aromatic rings. The molecule has 0 amide bonds. The van der Waals surface area contributed by atoms with Gasteiger partial charge in [0.2, 0.25) is 0 Å². The number of rotatable bonds is 2. The molecule has 0 fully saturated rings. The van der Waals surface area contributed by atoms with Gasteiger partial charge in [-0.05, 0) is 23.8 Å². The summed E-state index contributed by atoms with van der Waals surface area (Å²) in [7, 11) is 1.56. The van der Waals surface area contributed by atoms with Crippen molar-refractivity contribution in [3.05, 3.63) is 58.4 Å². The first kappa shape index (κ1) is 14.2. The predicted octanol–water partition coefficient (Wildman–Crippen LogP) is 4.01. The molecule has 2 atom stereocenters. The minimum Gasteiger partial charge on any atom is -0.495 e. The number of hydrogen-bond acceptors (Lipinski definition) is 3. The van der Waals surface area contributed by atoms with Gasteiger partial charge in [0.05, 0.1) is 12.1 Å². The molecule has 0 saturated carbocycles. The van der Waals surface area contributed by atoms with Crippen LogP contribution in [0, 0.1) is 5.82 Å². The Hall–Kier alpha value is -1.78. The molecule has 0 aliphatic carbocycles. The number of nitrogens with two attached hydrogens (primary N) is 1. The van der Waals surface area contributed by atoms with Crippen molar-refractivity contribution in [3.63, 3.8) is 0 Å². The van der Waals surface area contributed by atoms with Gasteiger partial charge in [-0.1, -0.05) is 23.7 Å². The molecule has 0 spiro atoms. The van der Waals surface area contributed by atoms with Crippen LogP contribution in [0.1, 0.15) is 29.7 Å². The van der Waals surface area contributed by atoms with Crippen molar-refractivity contribution in [2.24, 2.45) is 5.73 Å². The van der Waals surface area contributed by atoms with Crippen molar-refractivity contribution >= 4 is 11.6 Å². The van der Waals surface area contributed by atoms with Crippen LogP contribution < -0.4 is 15.2 Å². The first-order valence-electron chi connectivity index (χ1n) is 6.63. The standard InChI is InChI=1S/C16H15ClFNO2/c1-20-14-5-2-9(6-12(14)17)15-8-13(19)11-4-3-10(18)7-16(11)21-15/h2-7,13,15H,8,19H2,1H3/t13-,15?/m1/s1. The molecule has 1 aliphatic heterocycles. The lowest BCUT2D eigenvalue weighted by molar-refractivity contribution is 0.160. The fourth-order valence-electron chi connectivity index (χ4n) is 2.56. The summed E-state index contributed by atoms with van der Waals surface area (Å²) in [5.74, 6) is 0.757. The molecule has 2 aromatic carbocycles. The van der Waals surface area contributed by atoms with E-state index in [0.717, 1.165) is 11.1 Å². The predicted molar refractivity (Wildman–Crippen MR) is 79.3 cm³/mol. The van der Waals surface area contributed by atoms with E-state index >= 15 is 0 Å². The third-order valence-corrected chi connectivity index (χ3v) is 3.96. The van der Waals surface area contributed by atoms with Gasteiger partial charge in [-0.15, -0.1) is 0 Å². The van der Waals surface area contributed by atoms with Gasteiger partial charge in [-0.25, -0.2) is 4.39 Å². The van der Waals surface area contributed by atoms with E-state index in [1.165, 1.54) is 12.1 Å². The summed E-state index contributed by atoms with van der Waals surface area (Å²) >= 11 is 6.14. The van der Waals surface area contributed by atoms with Crippen LogP contribution in [0.5, 0.6) is 11.5 Å². The third-order valence-electron chi connectivity index (χ3n) is 3.66. The zero-order valence-corrected chi connectivity index (χ0v) is 12.2. The lowest BCUT2D eigenvalue weighted by Crippen LogP contribution is -2.24. The normalized spacial score (nSPS) is 20.6. The van der Waals surface area contributed by atoms with E-state index in [2.05, 4.69) is 0 Å². The molecule has 3 nitrogen and oxygen atoms in total. The van der Waals surface area contributed by atoms with Crippen molar-refractivity contribution in [1.29, 1.82) is 0 Å².